The highest BCUT2D eigenvalue weighted by Gasteiger charge is 2.09. The smallest absolute Gasteiger partial charge is 0.343 e. The molecule has 2 aromatic carbocycles. The Balaban J connectivity index is 1.80. The molecule has 0 radical (unpaired) electrons. The van der Waals surface area contributed by atoms with Crippen molar-refractivity contribution in [3.63, 3.8) is 0 Å². The fraction of sp³-hybridized carbons (Fsp3) is 0.364. The summed E-state index contributed by atoms with van der Waals surface area (Å²) in [6, 6.07) is 13.6. The van der Waals surface area contributed by atoms with Crippen LogP contribution < -0.4 is 14.8 Å². The Morgan fingerprint density at radius 3 is 2.11 bits per heavy atom. The van der Waals surface area contributed by atoms with Crippen LogP contribution in [0.3, 0.4) is 0 Å². The largest absolute Gasteiger partial charge is 0.494 e. The number of benzene rings is 2. The summed E-state index contributed by atoms with van der Waals surface area (Å²) in [5.41, 5.74) is 1.11. The van der Waals surface area contributed by atoms with Crippen molar-refractivity contribution < 1.29 is 19.1 Å². The molecule has 2 rings (SSSR count). The highest BCUT2D eigenvalue weighted by Crippen LogP contribution is 2.18. The first kappa shape index (κ1) is 20.5. The lowest BCUT2D eigenvalue weighted by molar-refractivity contribution is -0.114. The van der Waals surface area contributed by atoms with E-state index < -0.39 is 5.97 Å². The predicted molar refractivity (Wildman–Crippen MR) is 106 cm³/mol. The molecular weight excluding hydrogens is 342 g/mol. The van der Waals surface area contributed by atoms with Crippen molar-refractivity contribution in [2.75, 3.05) is 11.9 Å². The van der Waals surface area contributed by atoms with Crippen LogP contribution in [-0.4, -0.2) is 18.5 Å². The van der Waals surface area contributed by atoms with Crippen molar-refractivity contribution >= 4 is 17.6 Å². The summed E-state index contributed by atoms with van der Waals surface area (Å²) in [6.45, 7) is 4.33. The van der Waals surface area contributed by atoms with Crippen molar-refractivity contribution in [1.82, 2.24) is 0 Å². The lowest BCUT2D eigenvalue weighted by atomic mass is 10.2. The fourth-order valence-corrected chi connectivity index (χ4v) is 2.56. The first-order valence-electron chi connectivity index (χ1n) is 9.41. The van der Waals surface area contributed by atoms with Gasteiger partial charge < -0.3 is 14.8 Å². The molecule has 0 saturated heterocycles. The Hall–Kier alpha value is -2.82. The molecule has 0 aliphatic carbocycles. The third kappa shape index (κ3) is 7.52. The van der Waals surface area contributed by atoms with Gasteiger partial charge in [-0.2, -0.15) is 0 Å². The third-order valence-corrected chi connectivity index (χ3v) is 3.99. The maximum absolute atomic E-state index is 12.2. The van der Waals surface area contributed by atoms with Gasteiger partial charge in [-0.3, -0.25) is 4.79 Å². The van der Waals surface area contributed by atoms with Crippen LogP contribution >= 0.6 is 0 Å². The fourth-order valence-electron chi connectivity index (χ4n) is 2.56. The number of carbonyl (C=O) groups is 2. The van der Waals surface area contributed by atoms with Gasteiger partial charge >= 0.3 is 5.97 Å². The number of unbranched alkanes of at least 4 members (excludes halogenated alkanes) is 4. The molecule has 0 fully saturated rings. The van der Waals surface area contributed by atoms with Crippen LogP contribution in [0.2, 0.25) is 0 Å². The number of esters is 1. The minimum absolute atomic E-state index is 0.150. The maximum atomic E-state index is 12.2. The molecule has 0 aliphatic rings. The van der Waals surface area contributed by atoms with Crippen LogP contribution in [0.5, 0.6) is 11.5 Å². The zero-order valence-electron chi connectivity index (χ0n) is 16.0. The summed E-state index contributed by atoms with van der Waals surface area (Å²) in [5.74, 6) is 0.583. The highest BCUT2D eigenvalue weighted by atomic mass is 16.5. The molecule has 5 heteroatoms. The second-order valence-electron chi connectivity index (χ2n) is 6.38. The molecule has 0 atom stereocenters. The van der Waals surface area contributed by atoms with Gasteiger partial charge in [0.15, 0.2) is 0 Å². The molecule has 5 nitrogen and oxygen atoms in total. The van der Waals surface area contributed by atoms with Crippen molar-refractivity contribution in [1.29, 1.82) is 0 Å². The molecule has 27 heavy (non-hydrogen) atoms. The SMILES string of the molecule is CCCCCCCOc1ccc(C(=O)Oc2ccc(NC(C)=O)cc2)cc1. The van der Waals surface area contributed by atoms with E-state index in [0.717, 1.165) is 12.2 Å². The van der Waals surface area contributed by atoms with E-state index >= 15 is 0 Å². The number of carbonyl (C=O) groups excluding carboxylic acids is 2. The Morgan fingerprint density at radius 1 is 0.852 bits per heavy atom. The first-order valence-corrected chi connectivity index (χ1v) is 9.41. The van der Waals surface area contributed by atoms with Crippen molar-refractivity contribution in [2.24, 2.45) is 0 Å². The summed E-state index contributed by atoms with van der Waals surface area (Å²) in [6.07, 6.45) is 5.97. The molecule has 0 heterocycles. The topological polar surface area (TPSA) is 64.6 Å². The Morgan fingerprint density at radius 2 is 1.48 bits per heavy atom. The second kappa shape index (κ2) is 11.0. The molecule has 0 aromatic heterocycles. The molecule has 0 spiro atoms. The van der Waals surface area contributed by atoms with Crippen molar-refractivity contribution in [3.05, 3.63) is 54.1 Å². The van der Waals surface area contributed by atoms with Gasteiger partial charge in [-0.05, 0) is 55.0 Å². The highest BCUT2D eigenvalue weighted by molar-refractivity contribution is 5.91. The first-order chi connectivity index (χ1) is 13.1. The van der Waals surface area contributed by atoms with Crippen LogP contribution in [0.15, 0.2) is 48.5 Å². The second-order valence-corrected chi connectivity index (χ2v) is 6.38. The van der Waals surface area contributed by atoms with Gasteiger partial charge in [-0.25, -0.2) is 4.79 Å². The average Bonchev–Trinajstić information content (AvgIpc) is 2.66. The Bertz CT molecular complexity index is 723. The van der Waals surface area contributed by atoms with Gasteiger partial charge in [-0.15, -0.1) is 0 Å². The summed E-state index contributed by atoms with van der Waals surface area (Å²) >= 11 is 0. The zero-order chi connectivity index (χ0) is 19.5. The summed E-state index contributed by atoms with van der Waals surface area (Å²) < 4.78 is 11.0. The van der Waals surface area contributed by atoms with E-state index in [9.17, 15) is 9.59 Å². The van der Waals surface area contributed by atoms with Crippen LogP contribution in [0.4, 0.5) is 5.69 Å². The lowest BCUT2D eigenvalue weighted by Gasteiger charge is -2.08. The Labute approximate surface area is 160 Å². The number of rotatable bonds is 10. The normalized spacial score (nSPS) is 10.3. The van der Waals surface area contributed by atoms with E-state index in [2.05, 4.69) is 12.2 Å². The number of ether oxygens (including phenoxy) is 2. The number of amides is 1. The number of nitrogens with one attached hydrogen (secondary N) is 1. The van der Waals surface area contributed by atoms with Crippen LogP contribution in [0, 0.1) is 0 Å². The molecular formula is C22H27NO4. The zero-order valence-corrected chi connectivity index (χ0v) is 16.0. The summed E-state index contributed by atoms with van der Waals surface area (Å²) in [4.78, 5) is 23.2. The van der Waals surface area contributed by atoms with E-state index in [1.54, 1.807) is 48.5 Å². The number of hydrogen-bond donors (Lipinski definition) is 1. The van der Waals surface area contributed by atoms with Gasteiger partial charge in [0.25, 0.3) is 0 Å². The molecule has 1 N–H and O–H groups in total. The van der Waals surface area contributed by atoms with E-state index in [0.29, 0.717) is 23.6 Å². The van der Waals surface area contributed by atoms with Gasteiger partial charge in [0.2, 0.25) is 5.91 Å². The molecule has 1 amide bonds. The average molecular weight is 369 g/mol. The Kier molecular flexibility index (Phi) is 8.36. The summed E-state index contributed by atoms with van der Waals surface area (Å²) in [7, 11) is 0. The van der Waals surface area contributed by atoms with Crippen LogP contribution in [0.1, 0.15) is 56.3 Å². The van der Waals surface area contributed by atoms with Crippen LogP contribution in [-0.2, 0) is 4.79 Å². The number of hydrogen-bond acceptors (Lipinski definition) is 4. The molecule has 0 bridgehead atoms. The third-order valence-electron chi connectivity index (χ3n) is 3.99. The predicted octanol–water partition coefficient (Wildman–Crippen LogP) is 5.21. The van der Waals surface area contributed by atoms with E-state index in [1.165, 1.54) is 32.6 Å². The molecule has 144 valence electrons. The van der Waals surface area contributed by atoms with E-state index in [1.807, 2.05) is 0 Å². The molecule has 0 unspecified atom stereocenters. The van der Waals surface area contributed by atoms with Crippen molar-refractivity contribution in [3.8, 4) is 11.5 Å². The molecule has 0 saturated carbocycles. The van der Waals surface area contributed by atoms with Gasteiger partial charge in [0, 0.05) is 12.6 Å². The minimum atomic E-state index is -0.437. The minimum Gasteiger partial charge on any atom is -0.494 e. The van der Waals surface area contributed by atoms with Crippen LogP contribution in [0.25, 0.3) is 0 Å². The van der Waals surface area contributed by atoms with E-state index in [4.69, 9.17) is 9.47 Å². The van der Waals surface area contributed by atoms with Gasteiger partial charge in [-0.1, -0.05) is 32.6 Å². The summed E-state index contributed by atoms with van der Waals surface area (Å²) in [5, 5.41) is 2.66. The van der Waals surface area contributed by atoms with Gasteiger partial charge in [0.05, 0.1) is 12.2 Å². The molecule has 2 aromatic rings. The van der Waals surface area contributed by atoms with E-state index in [-0.39, 0.29) is 5.91 Å². The standard InChI is InChI=1S/C22H27NO4/c1-3-4-5-6-7-16-26-20-12-8-18(9-13-20)22(25)27-21-14-10-19(11-15-21)23-17(2)24/h8-15H,3-7,16H2,1-2H3,(H,23,24). The monoisotopic (exact) mass is 369 g/mol. The maximum Gasteiger partial charge on any atom is 0.343 e. The van der Waals surface area contributed by atoms with Crippen molar-refractivity contribution in [2.45, 2.75) is 46.0 Å². The molecule has 0 aliphatic heterocycles. The number of anilines is 1. The van der Waals surface area contributed by atoms with Gasteiger partial charge in [0.1, 0.15) is 11.5 Å². The lowest BCUT2D eigenvalue weighted by Crippen LogP contribution is -2.09. The quantitative estimate of drug-likeness (QED) is 0.354.